The van der Waals surface area contributed by atoms with Crippen LogP contribution < -0.4 is 9.47 Å². The number of nitrogens with zero attached hydrogens (tertiary/aromatic N) is 3. The van der Waals surface area contributed by atoms with E-state index < -0.39 is 29.4 Å². The zero-order valence-electron chi connectivity index (χ0n) is 33.5. The van der Waals surface area contributed by atoms with Crippen LogP contribution >= 0.6 is 0 Å². The summed E-state index contributed by atoms with van der Waals surface area (Å²) >= 11 is 0. The van der Waals surface area contributed by atoms with Gasteiger partial charge in [0.05, 0.1) is 25.3 Å². The van der Waals surface area contributed by atoms with Crippen LogP contribution in [-0.2, 0) is 20.9 Å². The second-order valence-electron chi connectivity index (χ2n) is 16.4. The molecule has 306 valence electrons. The number of oxime groups is 1. The lowest BCUT2D eigenvalue weighted by Crippen LogP contribution is -2.70. The van der Waals surface area contributed by atoms with Gasteiger partial charge >= 0.3 is 6.09 Å². The number of amides is 1. The molecule has 2 aliphatic carbocycles. The molecule has 0 bridgehead atoms. The van der Waals surface area contributed by atoms with Crippen molar-refractivity contribution >= 4 is 11.8 Å². The van der Waals surface area contributed by atoms with Crippen LogP contribution in [-0.4, -0.2) is 102 Å². The van der Waals surface area contributed by atoms with E-state index in [4.69, 9.17) is 28.9 Å². The smallest absolute Gasteiger partial charge is 0.410 e. The molecule has 2 aliphatic heterocycles. The van der Waals surface area contributed by atoms with Crippen LogP contribution in [0.5, 0.6) is 11.5 Å². The number of benzene rings is 2. The standard InChI is InChI=1S/C44H60FN3O8/c1-6-24-54-44-39(48(42(51)52-5)29-30-13-15-32(45)16-14-30)28-37(46-56-43(2,3)4)35-26-31(11-7-9-22-49)34(12-8-10-23-50)40(41(35)44)36-27-33(17-18-38(36)55-44)53-25-21-47-19-20-47/h6,13-18,26-27,31,34,39-41,49-50H,1,7-12,19-25,28-29H2,2-5H3. The average molecular weight is 778 g/mol. The second-order valence-corrected chi connectivity index (χ2v) is 16.4. The first-order valence-corrected chi connectivity index (χ1v) is 20.2. The lowest BCUT2D eigenvalue weighted by Gasteiger charge is -2.59. The summed E-state index contributed by atoms with van der Waals surface area (Å²) in [4.78, 5) is 24.2. The third kappa shape index (κ3) is 9.58. The zero-order valence-corrected chi connectivity index (χ0v) is 33.5. The molecule has 1 amide bonds. The number of aliphatic hydroxyl groups excluding tert-OH is 2. The molecular formula is C44H60FN3O8. The number of unbranched alkanes of at least 4 members (excludes halogenated alkanes) is 2. The van der Waals surface area contributed by atoms with Crippen molar-refractivity contribution in [1.29, 1.82) is 0 Å². The Labute approximate surface area is 331 Å². The van der Waals surface area contributed by atoms with Crippen LogP contribution in [0, 0.1) is 23.6 Å². The fourth-order valence-corrected chi connectivity index (χ4v) is 8.72. The molecule has 0 radical (unpaired) electrons. The highest BCUT2D eigenvalue weighted by Gasteiger charge is 2.65. The van der Waals surface area contributed by atoms with E-state index in [0.29, 0.717) is 36.5 Å². The van der Waals surface area contributed by atoms with Crippen LogP contribution in [0.4, 0.5) is 9.18 Å². The third-order valence-electron chi connectivity index (χ3n) is 11.3. The Hall–Kier alpha value is -3.97. The first-order chi connectivity index (χ1) is 27.0. The fourth-order valence-electron chi connectivity index (χ4n) is 8.72. The zero-order chi connectivity index (χ0) is 39.9. The Kier molecular flexibility index (Phi) is 13.8. The molecule has 2 heterocycles. The fraction of sp³-hybridized carbons (Fsp3) is 0.591. The van der Waals surface area contributed by atoms with E-state index in [9.17, 15) is 19.4 Å². The summed E-state index contributed by atoms with van der Waals surface area (Å²) in [6, 6.07) is 11.3. The van der Waals surface area contributed by atoms with Gasteiger partial charge in [-0.2, -0.15) is 0 Å². The minimum Gasteiger partial charge on any atom is -0.492 e. The largest absolute Gasteiger partial charge is 0.492 e. The molecule has 56 heavy (non-hydrogen) atoms. The van der Waals surface area contributed by atoms with Gasteiger partial charge in [0.2, 0.25) is 5.79 Å². The molecule has 6 unspecified atom stereocenters. The third-order valence-corrected chi connectivity index (χ3v) is 11.3. The van der Waals surface area contributed by atoms with Crippen molar-refractivity contribution in [2.45, 2.75) is 95.6 Å². The average Bonchev–Trinajstić information content (AvgIpc) is 4.01. The van der Waals surface area contributed by atoms with Crippen molar-refractivity contribution in [3.8, 4) is 11.5 Å². The van der Waals surface area contributed by atoms with Crippen molar-refractivity contribution < 1.29 is 43.2 Å². The highest BCUT2D eigenvalue weighted by molar-refractivity contribution is 6.03. The van der Waals surface area contributed by atoms with Crippen LogP contribution in [0.15, 0.2) is 71.9 Å². The predicted octanol–water partition coefficient (Wildman–Crippen LogP) is 7.22. The second kappa shape index (κ2) is 18.5. The SMILES string of the molecule is C=CCOC12Oc3ccc(OCCN4CC4)cc3C3C(CCCCO)C(CCCCO)C=C(C(=NOC(C)(C)C)CC1N(Cc1ccc(F)cc1)C(=O)OC)C32. The first-order valence-electron chi connectivity index (χ1n) is 20.2. The summed E-state index contributed by atoms with van der Waals surface area (Å²) in [7, 11) is 1.35. The van der Waals surface area contributed by atoms with E-state index in [-0.39, 0.29) is 56.4 Å². The van der Waals surface area contributed by atoms with Gasteiger partial charge in [-0.1, -0.05) is 42.3 Å². The Morgan fingerprint density at radius 2 is 1.82 bits per heavy atom. The number of carbonyl (C=O) groups excluding carboxylic acids is 1. The number of hydrogen-bond donors (Lipinski definition) is 2. The normalized spacial score (nSPS) is 26.0. The molecule has 4 aliphatic rings. The molecule has 2 fully saturated rings. The van der Waals surface area contributed by atoms with Gasteiger partial charge in [0, 0.05) is 57.3 Å². The van der Waals surface area contributed by atoms with E-state index in [1.54, 1.807) is 23.1 Å². The molecule has 6 atom stereocenters. The van der Waals surface area contributed by atoms with Crippen LogP contribution in [0.25, 0.3) is 0 Å². The van der Waals surface area contributed by atoms with E-state index >= 15 is 0 Å². The number of allylic oxidation sites excluding steroid dienone is 1. The molecule has 2 aromatic carbocycles. The number of fused-ring (bicyclic) bond motifs is 2. The Morgan fingerprint density at radius 1 is 1.09 bits per heavy atom. The van der Waals surface area contributed by atoms with Crippen molar-refractivity contribution in [1.82, 2.24) is 9.80 Å². The minimum atomic E-state index is -1.44. The van der Waals surface area contributed by atoms with Crippen molar-refractivity contribution in [2.75, 3.05) is 53.2 Å². The summed E-state index contributed by atoms with van der Waals surface area (Å²) in [5.41, 5.74) is 2.71. The monoisotopic (exact) mass is 777 g/mol. The van der Waals surface area contributed by atoms with Crippen LogP contribution in [0.1, 0.15) is 82.8 Å². The quantitative estimate of drug-likeness (QED) is 0.0659. The molecular weight excluding hydrogens is 717 g/mol. The lowest BCUT2D eigenvalue weighted by molar-refractivity contribution is -0.256. The van der Waals surface area contributed by atoms with E-state index in [0.717, 1.165) is 62.2 Å². The molecule has 2 N–H and O–H groups in total. The van der Waals surface area contributed by atoms with Crippen LogP contribution in [0.2, 0.25) is 0 Å². The highest BCUT2D eigenvalue weighted by atomic mass is 19.1. The van der Waals surface area contributed by atoms with Gasteiger partial charge in [-0.05, 0) is 99.8 Å². The molecule has 1 saturated carbocycles. The number of hydrogen-bond acceptors (Lipinski definition) is 10. The Balaban J connectivity index is 1.58. The van der Waals surface area contributed by atoms with Crippen LogP contribution in [0.3, 0.4) is 0 Å². The molecule has 12 heteroatoms. The maximum atomic E-state index is 14.1. The van der Waals surface area contributed by atoms with Crippen molar-refractivity contribution in [2.24, 2.45) is 22.9 Å². The number of halogens is 1. The van der Waals surface area contributed by atoms with Gasteiger partial charge in [0.25, 0.3) is 0 Å². The molecule has 1 saturated heterocycles. The van der Waals surface area contributed by atoms with Crippen molar-refractivity contribution in [3.63, 3.8) is 0 Å². The van der Waals surface area contributed by atoms with Gasteiger partial charge in [-0.3, -0.25) is 9.80 Å². The number of methoxy groups -OCH3 is 1. The number of aliphatic hydroxyl groups is 2. The summed E-state index contributed by atoms with van der Waals surface area (Å²) in [5.74, 6) is -0.930. The maximum Gasteiger partial charge on any atom is 0.410 e. The number of ether oxygens (including phenoxy) is 4. The van der Waals surface area contributed by atoms with E-state index in [1.807, 2.05) is 32.9 Å². The van der Waals surface area contributed by atoms with E-state index in [2.05, 4.69) is 23.6 Å². The summed E-state index contributed by atoms with van der Waals surface area (Å²) in [5, 5.41) is 24.6. The van der Waals surface area contributed by atoms with E-state index in [1.165, 1.54) is 19.2 Å². The lowest BCUT2D eigenvalue weighted by atomic mass is 9.55. The summed E-state index contributed by atoms with van der Waals surface area (Å²) < 4.78 is 40.2. The topological polar surface area (TPSA) is 122 Å². The molecule has 0 aromatic heterocycles. The summed E-state index contributed by atoms with van der Waals surface area (Å²) in [6.45, 7) is 13.9. The molecule has 6 rings (SSSR count). The Morgan fingerprint density at radius 3 is 2.48 bits per heavy atom. The maximum absolute atomic E-state index is 14.1. The Bertz CT molecular complexity index is 1710. The van der Waals surface area contributed by atoms with Gasteiger partial charge < -0.3 is 34.0 Å². The van der Waals surface area contributed by atoms with Crippen molar-refractivity contribution in [3.05, 3.63) is 83.7 Å². The predicted molar refractivity (Wildman–Crippen MR) is 212 cm³/mol. The van der Waals surface area contributed by atoms with Gasteiger partial charge in [-0.25, -0.2) is 9.18 Å². The summed E-state index contributed by atoms with van der Waals surface area (Å²) in [6.07, 6.45) is 8.27. The molecule has 0 spiro atoms. The number of rotatable bonds is 19. The van der Waals surface area contributed by atoms with Gasteiger partial charge in [-0.15, -0.1) is 6.58 Å². The van der Waals surface area contributed by atoms with Gasteiger partial charge in [0.1, 0.15) is 35.6 Å². The van der Waals surface area contributed by atoms with Gasteiger partial charge in [0.15, 0.2) is 0 Å². The number of carbonyl (C=O) groups is 1. The highest BCUT2D eigenvalue weighted by Crippen LogP contribution is 2.62. The molecule has 2 aromatic rings. The minimum absolute atomic E-state index is 0.0726. The first kappa shape index (κ1) is 41.7. The molecule has 11 nitrogen and oxygen atoms in total.